The minimum absolute atomic E-state index is 0.0346. The molecule has 0 aromatic heterocycles. The van der Waals surface area contributed by atoms with Gasteiger partial charge in [-0.1, -0.05) is 70.4 Å². The number of ether oxygens (including phenoxy) is 3. The van der Waals surface area contributed by atoms with Crippen molar-refractivity contribution in [2.75, 3.05) is 46.1 Å². The van der Waals surface area contributed by atoms with E-state index in [1.807, 2.05) is 25.7 Å². The summed E-state index contributed by atoms with van der Waals surface area (Å²) in [6.45, 7) is 10.2. The lowest BCUT2D eigenvalue weighted by atomic mass is 10.0. The number of allylic oxidation sites excluding steroid dienone is 2. The van der Waals surface area contributed by atoms with E-state index in [9.17, 15) is 10.2 Å². The van der Waals surface area contributed by atoms with E-state index in [2.05, 4.69) is 19.1 Å². The number of aliphatic hydroxyl groups excluding tert-OH is 2. The van der Waals surface area contributed by atoms with Gasteiger partial charge < -0.3 is 24.4 Å². The second-order valence-corrected chi connectivity index (χ2v) is 8.89. The van der Waals surface area contributed by atoms with E-state index >= 15 is 0 Å². The molecule has 6 nitrogen and oxygen atoms in total. The van der Waals surface area contributed by atoms with Gasteiger partial charge in [0.2, 0.25) is 0 Å². The fourth-order valence-electron chi connectivity index (χ4n) is 4.49. The molecule has 0 fully saturated rings. The molecule has 0 radical (unpaired) electrons. The summed E-state index contributed by atoms with van der Waals surface area (Å²) in [5.41, 5.74) is 0. The average molecular weight is 488 g/mol. The standard InChI is InChI=1S/C28H57NO5/c1-5-9-10-11-12-13-14-15-16-17-18-19-20-21-22-27(32-6-2)28(33-7-3,34-8-4)29(23-25-30)24-26-31/h15-16,27,30-31H,5-14,17-26H2,1-4H3/b16-15-. The maximum Gasteiger partial charge on any atom is 0.257 e. The van der Waals surface area contributed by atoms with Crippen molar-refractivity contribution < 1.29 is 24.4 Å². The summed E-state index contributed by atoms with van der Waals surface area (Å²) in [6.07, 6.45) is 20.4. The number of aliphatic hydroxyl groups is 2. The Morgan fingerprint density at radius 1 is 0.676 bits per heavy atom. The summed E-state index contributed by atoms with van der Waals surface area (Å²) in [6, 6.07) is 0. The predicted molar refractivity (Wildman–Crippen MR) is 142 cm³/mol. The molecule has 0 aromatic rings. The maximum atomic E-state index is 9.60. The summed E-state index contributed by atoms with van der Waals surface area (Å²) >= 11 is 0. The molecule has 0 spiro atoms. The van der Waals surface area contributed by atoms with Gasteiger partial charge in [0.05, 0.1) is 13.2 Å². The van der Waals surface area contributed by atoms with Crippen molar-refractivity contribution >= 4 is 0 Å². The quantitative estimate of drug-likeness (QED) is 0.0879. The van der Waals surface area contributed by atoms with Gasteiger partial charge in [-0.2, -0.15) is 0 Å². The van der Waals surface area contributed by atoms with Crippen molar-refractivity contribution in [3.05, 3.63) is 12.2 Å². The Labute approximate surface area is 211 Å². The van der Waals surface area contributed by atoms with Crippen molar-refractivity contribution in [1.29, 1.82) is 0 Å². The van der Waals surface area contributed by atoms with Crippen LogP contribution in [0.3, 0.4) is 0 Å². The Morgan fingerprint density at radius 3 is 1.65 bits per heavy atom. The van der Waals surface area contributed by atoms with Gasteiger partial charge in [0, 0.05) is 32.9 Å². The fraction of sp³-hybridized carbons (Fsp3) is 0.929. The van der Waals surface area contributed by atoms with Crippen LogP contribution in [-0.2, 0) is 14.2 Å². The van der Waals surface area contributed by atoms with E-state index in [1.165, 1.54) is 57.8 Å². The molecule has 0 bridgehead atoms. The molecular weight excluding hydrogens is 430 g/mol. The second-order valence-electron chi connectivity index (χ2n) is 8.89. The number of nitrogens with zero attached hydrogens (tertiary/aromatic N) is 1. The van der Waals surface area contributed by atoms with Crippen LogP contribution >= 0.6 is 0 Å². The van der Waals surface area contributed by atoms with Gasteiger partial charge >= 0.3 is 0 Å². The van der Waals surface area contributed by atoms with Gasteiger partial charge in [0.1, 0.15) is 6.10 Å². The first-order valence-electron chi connectivity index (χ1n) is 14.2. The fourth-order valence-corrected chi connectivity index (χ4v) is 4.49. The van der Waals surface area contributed by atoms with Crippen LogP contribution in [0, 0.1) is 0 Å². The van der Waals surface area contributed by atoms with Crippen LogP contribution in [0.25, 0.3) is 0 Å². The van der Waals surface area contributed by atoms with Crippen molar-refractivity contribution in [2.24, 2.45) is 0 Å². The summed E-state index contributed by atoms with van der Waals surface area (Å²) in [5.74, 6) is -1.09. The first-order valence-corrected chi connectivity index (χ1v) is 14.2. The van der Waals surface area contributed by atoms with E-state index in [1.54, 1.807) is 0 Å². The Kier molecular flexibility index (Phi) is 23.8. The molecule has 6 heteroatoms. The zero-order chi connectivity index (χ0) is 25.3. The highest BCUT2D eigenvalue weighted by Crippen LogP contribution is 2.30. The zero-order valence-corrected chi connectivity index (χ0v) is 22.9. The molecule has 34 heavy (non-hydrogen) atoms. The van der Waals surface area contributed by atoms with Gasteiger partial charge in [-0.3, -0.25) is 0 Å². The second kappa shape index (κ2) is 24.2. The summed E-state index contributed by atoms with van der Waals surface area (Å²) in [7, 11) is 0. The molecule has 0 rings (SSSR count). The lowest BCUT2D eigenvalue weighted by Gasteiger charge is -2.46. The molecule has 0 aliphatic heterocycles. The minimum atomic E-state index is -1.09. The smallest absolute Gasteiger partial charge is 0.257 e. The van der Waals surface area contributed by atoms with Gasteiger partial charge in [-0.05, 0) is 52.9 Å². The largest absolute Gasteiger partial charge is 0.395 e. The molecule has 204 valence electrons. The van der Waals surface area contributed by atoms with Crippen LogP contribution in [-0.4, -0.2) is 73.3 Å². The highest BCUT2D eigenvalue weighted by atomic mass is 16.7. The van der Waals surface area contributed by atoms with Gasteiger partial charge in [-0.15, -0.1) is 0 Å². The summed E-state index contributed by atoms with van der Waals surface area (Å²) in [5, 5.41) is 19.2. The van der Waals surface area contributed by atoms with Crippen LogP contribution in [0.1, 0.15) is 111 Å². The lowest BCUT2D eigenvalue weighted by molar-refractivity contribution is -0.362. The van der Waals surface area contributed by atoms with Crippen LogP contribution < -0.4 is 0 Å². The van der Waals surface area contributed by atoms with Gasteiger partial charge in [0.25, 0.3) is 5.91 Å². The molecule has 0 aliphatic rings. The highest BCUT2D eigenvalue weighted by molar-refractivity contribution is 4.84. The lowest BCUT2D eigenvalue weighted by Crippen LogP contribution is -2.62. The molecule has 2 N–H and O–H groups in total. The van der Waals surface area contributed by atoms with Crippen LogP contribution in [0.4, 0.5) is 0 Å². The van der Waals surface area contributed by atoms with E-state index in [4.69, 9.17) is 14.2 Å². The van der Waals surface area contributed by atoms with Crippen molar-refractivity contribution in [1.82, 2.24) is 4.90 Å². The van der Waals surface area contributed by atoms with Gasteiger partial charge in [-0.25, -0.2) is 4.90 Å². The van der Waals surface area contributed by atoms with Crippen molar-refractivity contribution in [3.8, 4) is 0 Å². The third kappa shape index (κ3) is 14.8. The summed E-state index contributed by atoms with van der Waals surface area (Å²) in [4.78, 5) is 1.88. The number of hydrogen-bond acceptors (Lipinski definition) is 6. The molecule has 1 unspecified atom stereocenters. The SMILES string of the molecule is CCCCCCCC/C=C\CCCCCCC(OCC)C(OCC)(OCC)N(CCO)CCO. The third-order valence-corrected chi connectivity index (χ3v) is 6.14. The van der Waals surface area contributed by atoms with Crippen molar-refractivity contribution in [2.45, 2.75) is 123 Å². The first kappa shape index (κ1) is 33.5. The molecule has 0 aliphatic carbocycles. The molecule has 0 heterocycles. The molecule has 0 saturated carbocycles. The van der Waals surface area contributed by atoms with Crippen LogP contribution in [0.2, 0.25) is 0 Å². The topological polar surface area (TPSA) is 71.4 Å². The first-order chi connectivity index (χ1) is 16.7. The summed E-state index contributed by atoms with van der Waals surface area (Å²) < 4.78 is 18.5. The van der Waals surface area contributed by atoms with E-state index in [0.717, 1.165) is 25.7 Å². The predicted octanol–water partition coefficient (Wildman–Crippen LogP) is 6.05. The Morgan fingerprint density at radius 2 is 1.18 bits per heavy atom. The highest BCUT2D eigenvalue weighted by Gasteiger charge is 2.46. The Hall–Kier alpha value is -0.500. The normalized spacial score (nSPS) is 13.4. The average Bonchev–Trinajstić information content (AvgIpc) is 2.83. The third-order valence-electron chi connectivity index (χ3n) is 6.14. The Bertz CT molecular complexity index is 435. The van der Waals surface area contributed by atoms with Crippen molar-refractivity contribution in [3.63, 3.8) is 0 Å². The van der Waals surface area contributed by atoms with Crippen LogP contribution in [0.15, 0.2) is 12.2 Å². The number of unbranched alkanes of at least 4 members (excludes halogenated alkanes) is 10. The van der Waals surface area contributed by atoms with E-state index in [-0.39, 0.29) is 19.3 Å². The number of hydrogen-bond donors (Lipinski definition) is 2. The zero-order valence-electron chi connectivity index (χ0n) is 22.9. The molecular formula is C28H57NO5. The van der Waals surface area contributed by atoms with Gasteiger partial charge in [0.15, 0.2) is 0 Å². The maximum absolute atomic E-state index is 9.60. The monoisotopic (exact) mass is 487 g/mol. The molecule has 0 aromatic carbocycles. The Balaban J connectivity index is 4.54. The number of rotatable bonds is 26. The van der Waals surface area contributed by atoms with E-state index in [0.29, 0.717) is 32.9 Å². The van der Waals surface area contributed by atoms with E-state index < -0.39 is 5.91 Å². The molecule has 1 atom stereocenters. The molecule has 0 amide bonds. The minimum Gasteiger partial charge on any atom is -0.395 e. The molecule has 0 saturated heterocycles. The van der Waals surface area contributed by atoms with Crippen LogP contribution in [0.5, 0.6) is 0 Å².